The fourth-order valence-corrected chi connectivity index (χ4v) is 2.48. The van der Waals surface area contributed by atoms with Crippen LogP contribution in [0.15, 0.2) is 67.3 Å². The van der Waals surface area contributed by atoms with Crippen molar-refractivity contribution < 1.29 is 0 Å². The van der Waals surface area contributed by atoms with Crippen LogP contribution in [0.2, 0.25) is 0 Å². The van der Waals surface area contributed by atoms with Crippen LogP contribution in [-0.4, -0.2) is 14.8 Å². The molecular formula is C17H17N3. The lowest BCUT2D eigenvalue weighted by atomic mass is 9.98. The second kappa shape index (κ2) is 5.70. The van der Waals surface area contributed by atoms with Crippen LogP contribution in [0.25, 0.3) is 0 Å². The molecule has 1 atom stereocenters. The summed E-state index contributed by atoms with van der Waals surface area (Å²) in [6.07, 6.45) is 4.29. The van der Waals surface area contributed by atoms with E-state index in [4.69, 9.17) is 0 Å². The van der Waals surface area contributed by atoms with Gasteiger partial charge in [0.2, 0.25) is 0 Å². The average molecular weight is 263 g/mol. The van der Waals surface area contributed by atoms with Crippen molar-refractivity contribution in [1.29, 1.82) is 0 Å². The molecule has 3 rings (SSSR count). The smallest absolute Gasteiger partial charge is 0.137 e. The number of rotatable bonds is 4. The molecule has 0 saturated carbocycles. The van der Waals surface area contributed by atoms with Gasteiger partial charge in [-0.15, -0.1) is 0 Å². The normalized spacial score (nSPS) is 12.2. The summed E-state index contributed by atoms with van der Waals surface area (Å²) in [4.78, 5) is 4.08. The summed E-state index contributed by atoms with van der Waals surface area (Å²) in [5, 5.41) is 4.32. The van der Waals surface area contributed by atoms with E-state index in [2.05, 4.69) is 65.5 Å². The van der Waals surface area contributed by atoms with Gasteiger partial charge < -0.3 is 0 Å². The Morgan fingerprint density at radius 3 is 2.60 bits per heavy atom. The molecule has 0 radical (unpaired) electrons. The largest absolute Gasteiger partial charge is 0.245 e. The molecule has 0 saturated heterocycles. The lowest BCUT2D eigenvalue weighted by molar-refractivity contribution is 0.519. The van der Waals surface area contributed by atoms with Crippen molar-refractivity contribution in [2.75, 3.05) is 0 Å². The van der Waals surface area contributed by atoms with E-state index in [1.165, 1.54) is 16.7 Å². The van der Waals surface area contributed by atoms with Crippen molar-refractivity contribution >= 4 is 0 Å². The van der Waals surface area contributed by atoms with Crippen LogP contribution in [0.5, 0.6) is 0 Å². The first-order valence-corrected chi connectivity index (χ1v) is 6.77. The van der Waals surface area contributed by atoms with E-state index in [0.29, 0.717) is 0 Å². The van der Waals surface area contributed by atoms with Crippen molar-refractivity contribution in [3.05, 3.63) is 83.9 Å². The van der Waals surface area contributed by atoms with Gasteiger partial charge in [0.15, 0.2) is 0 Å². The van der Waals surface area contributed by atoms with E-state index < -0.39 is 0 Å². The van der Waals surface area contributed by atoms with Gasteiger partial charge in [-0.1, -0.05) is 60.2 Å². The molecule has 1 aromatic heterocycles. The maximum absolute atomic E-state index is 4.32. The van der Waals surface area contributed by atoms with Gasteiger partial charge in [-0.3, -0.25) is 0 Å². The highest BCUT2D eigenvalue weighted by Crippen LogP contribution is 2.22. The molecule has 0 aliphatic rings. The molecule has 20 heavy (non-hydrogen) atoms. The highest BCUT2D eigenvalue weighted by atomic mass is 15.3. The lowest BCUT2D eigenvalue weighted by Gasteiger charge is -2.18. The third-order valence-electron chi connectivity index (χ3n) is 3.45. The van der Waals surface area contributed by atoms with Crippen LogP contribution in [0.4, 0.5) is 0 Å². The van der Waals surface area contributed by atoms with E-state index >= 15 is 0 Å². The molecule has 0 aliphatic carbocycles. The first-order valence-electron chi connectivity index (χ1n) is 6.77. The van der Waals surface area contributed by atoms with E-state index in [1.54, 1.807) is 12.7 Å². The molecule has 0 fully saturated rings. The predicted molar refractivity (Wildman–Crippen MR) is 79.5 cm³/mol. The number of hydrogen-bond acceptors (Lipinski definition) is 2. The summed E-state index contributed by atoms with van der Waals surface area (Å²) in [6, 6.07) is 19.3. The van der Waals surface area contributed by atoms with Gasteiger partial charge in [-0.05, 0) is 24.5 Å². The molecular weight excluding hydrogens is 246 g/mol. The van der Waals surface area contributed by atoms with Crippen LogP contribution in [0, 0.1) is 6.92 Å². The third-order valence-corrected chi connectivity index (χ3v) is 3.45. The van der Waals surface area contributed by atoms with E-state index in [0.717, 1.165) is 6.42 Å². The number of nitrogens with zero attached hydrogens (tertiary/aromatic N) is 3. The number of hydrogen-bond donors (Lipinski definition) is 0. The molecule has 3 nitrogen and oxygen atoms in total. The molecule has 0 spiro atoms. The van der Waals surface area contributed by atoms with Crippen molar-refractivity contribution in [1.82, 2.24) is 14.8 Å². The van der Waals surface area contributed by atoms with Crippen molar-refractivity contribution in [3.8, 4) is 0 Å². The maximum Gasteiger partial charge on any atom is 0.137 e. The Morgan fingerprint density at radius 2 is 1.90 bits per heavy atom. The van der Waals surface area contributed by atoms with Crippen LogP contribution in [-0.2, 0) is 6.42 Å². The Balaban J connectivity index is 1.95. The number of aryl methyl sites for hydroxylation is 1. The lowest BCUT2D eigenvalue weighted by Crippen LogP contribution is -2.14. The van der Waals surface area contributed by atoms with Gasteiger partial charge in [0, 0.05) is 0 Å². The monoisotopic (exact) mass is 263 g/mol. The Hall–Kier alpha value is -2.42. The average Bonchev–Trinajstić information content (AvgIpc) is 3.00. The molecule has 0 aliphatic heterocycles. The second-order valence-corrected chi connectivity index (χ2v) is 5.00. The first-order chi connectivity index (χ1) is 9.83. The first kappa shape index (κ1) is 12.6. The zero-order chi connectivity index (χ0) is 13.8. The van der Waals surface area contributed by atoms with E-state index in [1.807, 2.05) is 10.7 Å². The minimum atomic E-state index is 0.181. The molecule has 0 bridgehead atoms. The molecule has 1 heterocycles. The third kappa shape index (κ3) is 2.77. The Morgan fingerprint density at radius 1 is 1.05 bits per heavy atom. The van der Waals surface area contributed by atoms with Gasteiger partial charge >= 0.3 is 0 Å². The summed E-state index contributed by atoms with van der Waals surface area (Å²) in [5.41, 5.74) is 3.85. The topological polar surface area (TPSA) is 30.7 Å². The van der Waals surface area contributed by atoms with Gasteiger partial charge in [0.25, 0.3) is 0 Å². The molecule has 0 N–H and O–H groups in total. The van der Waals surface area contributed by atoms with Crippen LogP contribution < -0.4 is 0 Å². The molecule has 100 valence electrons. The van der Waals surface area contributed by atoms with Gasteiger partial charge in [-0.25, -0.2) is 9.67 Å². The Bertz CT molecular complexity index is 660. The fraction of sp³-hybridized carbons (Fsp3) is 0.176. The number of benzene rings is 2. The van der Waals surface area contributed by atoms with E-state index in [9.17, 15) is 0 Å². The minimum Gasteiger partial charge on any atom is -0.245 e. The zero-order valence-corrected chi connectivity index (χ0v) is 11.5. The van der Waals surface area contributed by atoms with Crippen LogP contribution in [0.3, 0.4) is 0 Å². The summed E-state index contributed by atoms with van der Waals surface area (Å²) >= 11 is 0. The molecule has 2 aromatic carbocycles. The molecule has 0 amide bonds. The highest BCUT2D eigenvalue weighted by molar-refractivity contribution is 5.27. The predicted octanol–water partition coefficient (Wildman–Crippen LogP) is 3.42. The van der Waals surface area contributed by atoms with Gasteiger partial charge in [0.05, 0.1) is 6.04 Å². The minimum absolute atomic E-state index is 0.181. The van der Waals surface area contributed by atoms with Crippen LogP contribution >= 0.6 is 0 Å². The van der Waals surface area contributed by atoms with Crippen molar-refractivity contribution in [3.63, 3.8) is 0 Å². The highest BCUT2D eigenvalue weighted by Gasteiger charge is 2.14. The fourth-order valence-electron chi connectivity index (χ4n) is 2.48. The van der Waals surface area contributed by atoms with E-state index in [-0.39, 0.29) is 6.04 Å². The zero-order valence-electron chi connectivity index (χ0n) is 11.5. The van der Waals surface area contributed by atoms with Crippen molar-refractivity contribution in [2.45, 2.75) is 19.4 Å². The summed E-state index contributed by atoms with van der Waals surface area (Å²) < 4.78 is 1.93. The summed E-state index contributed by atoms with van der Waals surface area (Å²) in [6.45, 7) is 2.12. The molecule has 3 aromatic rings. The SMILES string of the molecule is Cc1cccc(CC(c2ccccc2)n2cncn2)c1. The number of aromatic nitrogens is 3. The quantitative estimate of drug-likeness (QED) is 0.722. The Labute approximate surface area is 118 Å². The second-order valence-electron chi connectivity index (χ2n) is 5.00. The van der Waals surface area contributed by atoms with Gasteiger partial charge in [0.1, 0.15) is 12.7 Å². The standard InChI is InChI=1S/C17H17N3/c1-14-6-5-7-15(10-14)11-17(20-13-18-12-19-20)16-8-3-2-4-9-16/h2-10,12-13,17H,11H2,1H3. The maximum atomic E-state index is 4.32. The Kier molecular flexibility index (Phi) is 3.59. The van der Waals surface area contributed by atoms with Crippen LogP contribution in [0.1, 0.15) is 22.7 Å². The molecule has 1 unspecified atom stereocenters. The van der Waals surface area contributed by atoms with Gasteiger partial charge in [-0.2, -0.15) is 5.10 Å². The summed E-state index contributed by atoms with van der Waals surface area (Å²) in [7, 11) is 0. The molecule has 3 heteroatoms. The summed E-state index contributed by atoms with van der Waals surface area (Å²) in [5.74, 6) is 0. The van der Waals surface area contributed by atoms with Crippen molar-refractivity contribution in [2.24, 2.45) is 0 Å².